The fourth-order valence-corrected chi connectivity index (χ4v) is 5.75. The molecule has 2 N–H and O–H groups in total. The van der Waals surface area contributed by atoms with Crippen molar-refractivity contribution < 1.29 is 0 Å². The molecular formula is C28H44Br3N5. The van der Waals surface area contributed by atoms with Gasteiger partial charge < -0.3 is 10.3 Å². The number of aryl methyl sites for hydroxylation is 1. The number of rotatable bonds is 8. The number of benzene rings is 1. The number of para-hydroxylation sites is 2. The minimum atomic E-state index is 0. The van der Waals surface area contributed by atoms with Crippen LogP contribution >= 0.6 is 50.9 Å². The molecule has 2 aliphatic rings. The Morgan fingerprint density at radius 2 is 1.78 bits per heavy atom. The lowest BCUT2D eigenvalue weighted by Crippen LogP contribution is -2.45. The number of pyridine rings is 1. The van der Waals surface area contributed by atoms with Crippen LogP contribution in [0.3, 0.4) is 0 Å². The summed E-state index contributed by atoms with van der Waals surface area (Å²) in [4.78, 5) is 16.1. The molecule has 1 fully saturated rings. The molecule has 5 nitrogen and oxygen atoms in total. The maximum Gasteiger partial charge on any atom is 0.121 e. The van der Waals surface area contributed by atoms with Crippen molar-refractivity contribution in [2.24, 2.45) is 0 Å². The zero-order valence-corrected chi connectivity index (χ0v) is 25.8. The predicted molar refractivity (Wildman–Crippen MR) is 168 cm³/mol. The molecule has 0 bridgehead atoms. The maximum atomic E-state index is 4.93. The van der Waals surface area contributed by atoms with Gasteiger partial charge in [-0.25, -0.2) is 4.98 Å². The molecule has 0 saturated heterocycles. The Kier molecular flexibility index (Phi) is 15.0. The van der Waals surface area contributed by atoms with Gasteiger partial charge in [-0.1, -0.05) is 39.0 Å². The van der Waals surface area contributed by atoms with E-state index < -0.39 is 0 Å². The molecule has 1 atom stereocenters. The Labute approximate surface area is 248 Å². The molecular weight excluding hydrogens is 646 g/mol. The highest BCUT2D eigenvalue weighted by Crippen LogP contribution is 2.38. The SMILES string of the molecule is Br.Br.Br.C.CCCCNC1CCC(N(Cc2nc3ccccc3[nH]2)C2CCCc3cccnc32)CC1. The monoisotopic (exact) mass is 687 g/mol. The van der Waals surface area contributed by atoms with Crippen molar-refractivity contribution in [3.63, 3.8) is 0 Å². The minimum Gasteiger partial charge on any atom is -0.341 e. The van der Waals surface area contributed by atoms with E-state index in [-0.39, 0.29) is 58.4 Å². The van der Waals surface area contributed by atoms with Gasteiger partial charge in [-0.2, -0.15) is 0 Å². The summed E-state index contributed by atoms with van der Waals surface area (Å²) in [5.74, 6) is 1.08. The quantitative estimate of drug-likeness (QED) is 0.236. The third kappa shape index (κ3) is 7.85. The summed E-state index contributed by atoms with van der Waals surface area (Å²) in [6.07, 6.45) is 13.2. The van der Waals surface area contributed by atoms with Gasteiger partial charge in [0, 0.05) is 18.3 Å². The summed E-state index contributed by atoms with van der Waals surface area (Å²) < 4.78 is 0. The van der Waals surface area contributed by atoms with Gasteiger partial charge in [-0.15, -0.1) is 50.9 Å². The van der Waals surface area contributed by atoms with Gasteiger partial charge in [0.2, 0.25) is 0 Å². The second-order valence-corrected chi connectivity index (χ2v) is 9.64. The number of hydrogen-bond acceptors (Lipinski definition) is 4. The largest absolute Gasteiger partial charge is 0.341 e. The third-order valence-corrected chi connectivity index (χ3v) is 7.47. The van der Waals surface area contributed by atoms with Crippen LogP contribution in [0.5, 0.6) is 0 Å². The van der Waals surface area contributed by atoms with Crippen LogP contribution in [0, 0.1) is 0 Å². The third-order valence-electron chi connectivity index (χ3n) is 7.47. The number of hydrogen-bond donors (Lipinski definition) is 2. The minimum absolute atomic E-state index is 0. The van der Waals surface area contributed by atoms with E-state index in [1.54, 1.807) is 0 Å². The molecule has 0 radical (unpaired) electrons. The van der Waals surface area contributed by atoms with Crippen LogP contribution in [0.4, 0.5) is 0 Å². The number of nitrogens with one attached hydrogen (secondary N) is 2. The molecule has 5 rings (SSSR count). The van der Waals surface area contributed by atoms with Crippen molar-refractivity contribution in [2.75, 3.05) is 6.54 Å². The lowest BCUT2D eigenvalue weighted by Gasteiger charge is -2.42. The number of aromatic nitrogens is 3. The Bertz CT molecular complexity index is 986. The van der Waals surface area contributed by atoms with E-state index >= 15 is 0 Å². The summed E-state index contributed by atoms with van der Waals surface area (Å²) in [6.45, 7) is 4.30. The lowest BCUT2D eigenvalue weighted by atomic mass is 9.85. The van der Waals surface area contributed by atoms with Crippen LogP contribution in [-0.4, -0.2) is 38.5 Å². The smallest absolute Gasteiger partial charge is 0.121 e. The topological polar surface area (TPSA) is 56.8 Å². The fraction of sp³-hybridized carbons (Fsp3) is 0.571. The van der Waals surface area contributed by atoms with Gasteiger partial charge in [-0.05, 0) is 81.7 Å². The standard InChI is InChI=1S/C27H37N5.CH4.3BrH/c1-2-3-17-28-21-13-15-22(16-14-21)32(19-26-30-23-10-4-5-11-24(23)31-26)25-12-6-8-20-9-7-18-29-27(20)25;;;;/h4-5,7,9-11,18,21-22,25,28H,2-3,6,8,12-17,19H2,1H3,(H,30,31);1H4;3*1H. The molecule has 0 spiro atoms. The second kappa shape index (κ2) is 16.2. The molecule has 202 valence electrons. The molecule has 2 heterocycles. The predicted octanol–water partition coefficient (Wildman–Crippen LogP) is 7.91. The highest BCUT2D eigenvalue weighted by molar-refractivity contribution is 8.93. The van der Waals surface area contributed by atoms with E-state index in [9.17, 15) is 0 Å². The van der Waals surface area contributed by atoms with Gasteiger partial charge in [-0.3, -0.25) is 9.88 Å². The number of aromatic amines is 1. The average Bonchev–Trinajstić information content (AvgIpc) is 3.26. The lowest BCUT2D eigenvalue weighted by molar-refractivity contribution is 0.0730. The van der Waals surface area contributed by atoms with Crippen LogP contribution in [0.25, 0.3) is 11.0 Å². The van der Waals surface area contributed by atoms with Crippen molar-refractivity contribution >= 4 is 62.0 Å². The molecule has 1 aromatic carbocycles. The Hall–Kier alpha value is -0.800. The Balaban J connectivity index is 0.00000162. The van der Waals surface area contributed by atoms with Crippen molar-refractivity contribution in [3.8, 4) is 0 Å². The zero-order chi connectivity index (χ0) is 21.8. The molecule has 2 aromatic heterocycles. The van der Waals surface area contributed by atoms with Crippen LogP contribution in [0.15, 0.2) is 42.6 Å². The number of fused-ring (bicyclic) bond motifs is 2. The zero-order valence-electron chi connectivity index (χ0n) is 20.6. The molecule has 36 heavy (non-hydrogen) atoms. The summed E-state index contributed by atoms with van der Waals surface area (Å²) >= 11 is 0. The van der Waals surface area contributed by atoms with E-state index in [1.807, 2.05) is 6.20 Å². The maximum absolute atomic E-state index is 4.93. The van der Waals surface area contributed by atoms with Crippen LogP contribution in [0.1, 0.15) is 88.8 Å². The van der Waals surface area contributed by atoms with Crippen LogP contribution < -0.4 is 5.32 Å². The van der Waals surface area contributed by atoms with Crippen LogP contribution in [0.2, 0.25) is 0 Å². The molecule has 1 saturated carbocycles. The first-order chi connectivity index (χ1) is 15.8. The van der Waals surface area contributed by atoms with E-state index in [1.165, 1.54) is 62.6 Å². The van der Waals surface area contributed by atoms with Gasteiger partial charge in [0.05, 0.1) is 29.3 Å². The van der Waals surface area contributed by atoms with Gasteiger partial charge >= 0.3 is 0 Å². The molecule has 8 heteroatoms. The van der Waals surface area contributed by atoms with E-state index in [0.717, 1.165) is 36.4 Å². The van der Waals surface area contributed by atoms with E-state index in [2.05, 4.69) is 58.5 Å². The first-order valence-electron chi connectivity index (χ1n) is 12.7. The second-order valence-electron chi connectivity index (χ2n) is 9.64. The number of H-pyrrole nitrogens is 1. The highest BCUT2D eigenvalue weighted by atomic mass is 79.9. The molecule has 2 aliphatic carbocycles. The van der Waals surface area contributed by atoms with Gasteiger partial charge in [0.15, 0.2) is 0 Å². The number of halogens is 3. The Morgan fingerprint density at radius 1 is 1.00 bits per heavy atom. The van der Waals surface area contributed by atoms with Crippen molar-refractivity contribution in [1.82, 2.24) is 25.2 Å². The number of nitrogens with zero attached hydrogens (tertiary/aromatic N) is 3. The van der Waals surface area contributed by atoms with Gasteiger partial charge in [0.25, 0.3) is 0 Å². The van der Waals surface area contributed by atoms with Gasteiger partial charge in [0.1, 0.15) is 5.82 Å². The first-order valence-corrected chi connectivity index (χ1v) is 12.7. The molecule has 3 aromatic rings. The first kappa shape index (κ1) is 33.2. The van der Waals surface area contributed by atoms with Crippen molar-refractivity contribution in [2.45, 2.75) is 96.8 Å². The van der Waals surface area contributed by atoms with E-state index in [0.29, 0.717) is 18.1 Å². The summed E-state index contributed by atoms with van der Waals surface area (Å²) in [5, 5.41) is 3.80. The normalized spacial score (nSPS) is 20.9. The number of unbranched alkanes of at least 4 members (excludes halogenated alkanes) is 1. The van der Waals surface area contributed by atoms with E-state index in [4.69, 9.17) is 9.97 Å². The summed E-state index contributed by atoms with van der Waals surface area (Å²) in [5.41, 5.74) is 4.94. The fourth-order valence-electron chi connectivity index (χ4n) is 5.75. The highest BCUT2D eigenvalue weighted by Gasteiger charge is 2.34. The van der Waals surface area contributed by atoms with Crippen molar-refractivity contribution in [3.05, 3.63) is 59.7 Å². The molecule has 0 amide bonds. The number of imidazole rings is 1. The van der Waals surface area contributed by atoms with Crippen molar-refractivity contribution in [1.29, 1.82) is 0 Å². The molecule has 0 aliphatic heterocycles. The van der Waals surface area contributed by atoms with Crippen LogP contribution in [-0.2, 0) is 13.0 Å². The Morgan fingerprint density at radius 3 is 2.53 bits per heavy atom. The summed E-state index contributed by atoms with van der Waals surface area (Å²) in [7, 11) is 0. The summed E-state index contributed by atoms with van der Waals surface area (Å²) in [6, 6.07) is 14.4. The average molecular weight is 690 g/mol. The molecule has 1 unspecified atom stereocenters.